The van der Waals surface area contributed by atoms with Crippen molar-refractivity contribution in [3.05, 3.63) is 24.3 Å². The van der Waals surface area contributed by atoms with Gasteiger partial charge in [0.2, 0.25) is 15.9 Å². The Morgan fingerprint density at radius 3 is 2.58 bits per heavy atom. The zero-order valence-corrected chi connectivity index (χ0v) is 16.8. The Morgan fingerprint density at radius 2 is 1.96 bits per heavy atom. The summed E-state index contributed by atoms with van der Waals surface area (Å²) >= 11 is 0. The molecule has 0 spiro atoms. The Bertz CT molecular complexity index is 725. The Kier molecular flexibility index (Phi) is 6.82. The van der Waals surface area contributed by atoms with E-state index >= 15 is 0 Å². The van der Waals surface area contributed by atoms with E-state index in [9.17, 15) is 13.2 Å². The second-order valence-corrected chi connectivity index (χ2v) is 9.46. The van der Waals surface area contributed by atoms with Gasteiger partial charge in [0.05, 0.1) is 10.4 Å². The first-order chi connectivity index (χ1) is 12.2. The minimum Gasteiger partial charge on any atom is -0.324 e. The van der Waals surface area contributed by atoms with E-state index in [1.807, 2.05) is 6.92 Å². The van der Waals surface area contributed by atoms with Gasteiger partial charge in [-0.15, -0.1) is 0 Å². The first kappa shape index (κ1) is 20.9. The van der Waals surface area contributed by atoms with E-state index in [1.54, 1.807) is 32.2 Å². The Morgan fingerprint density at radius 1 is 1.31 bits per heavy atom. The van der Waals surface area contributed by atoms with Crippen LogP contribution in [0, 0.1) is 0 Å². The van der Waals surface area contributed by atoms with Crippen LogP contribution in [-0.2, 0) is 14.8 Å². The third kappa shape index (κ3) is 4.84. The van der Waals surface area contributed by atoms with E-state index in [2.05, 4.69) is 5.32 Å². The summed E-state index contributed by atoms with van der Waals surface area (Å²) in [4.78, 5) is 12.6. The third-order valence-corrected chi connectivity index (χ3v) is 7.05. The van der Waals surface area contributed by atoms with Gasteiger partial charge in [-0.1, -0.05) is 38.7 Å². The van der Waals surface area contributed by atoms with Crippen molar-refractivity contribution in [3.63, 3.8) is 0 Å². The van der Waals surface area contributed by atoms with Gasteiger partial charge in [-0.25, -0.2) is 8.42 Å². The Hall–Kier alpha value is -1.44. The molecule has 1 aromatic carbocycles. The second-order valence-electron chi connectivity index (χ2n) is 7.46. The quantitative estimate of drug-likeness (QED) is 0.759. The van der Waals surface area contributed by atoms with Gasteiger partial charge in [0.15, 0.2) is 0 Å². The molecule has 7 heteroatoms. The molecule has 146 valence electrons. The molecule has 1 fully saturated rings. The summed E-state index contributed by atoms with van der Waals surface area (Å²) in [7, 11) is -1.94. The lowest BCUT2D eigenvalue weighted by molar-refractivity contribution is -0.120. The second kappa shape index (κ2) is 8.50. The van der Waals surface area contributed by atoms with Gasteiger partial charge >= 0.3 is 0 Å². The number of nitrogens with one attached hydrogen (secondary N) is 1. The van der Waals surface area contributed by atoms with Crippen LogP contribution in [0.3, 0.4) is 0 Å². The van der Waals surface area contributed by atoms with Crippen molar-refractivity contribution in [1.82, 2.24) is 4.31 Å². The number of carbonyl (C=O) groups is 1. The topological polar surface area (TPSA) is 92.5 Å². The number of nitrogens with zero attached hydrogens (tertiary/aromatic N) is 1. The number of rotatable bonds is 7. The van der Waals surface area contributed by atoms with Crippen LogP contribution in [0.25, 0.3) is 0 Å². The number of benzene rings is 1. The summed E-state index contributed by atoms with van der Waals surface area (Å²) in [6.07, 6.45) is 6.44. The smallest absolute Gasteiger partial charge is 0.244 e. The Labute approximate surface area is 157 Å². The minimum atomic E-state index is -3.59. The lowest BCUT2D eigenvalue weighted by atomic mass is 9.96. The van der Waals surface area contributed by atoms with Gasteiger partial charge in [-0.3, -0.25) is 4.79 Å². The molecule has 0 aromatic heterocycles. The van der Waals surface area contributed by atoms with Gasteiger partial charge in [-0.05, 0) is 44.4 Å². The number of nitrogens with two attached hydrogens (primary N) is 1. The molecule has 3 N–H and O–H groups in total. The lowest BCUT2D eigenvalue weighted by Gasteiger charge is -2.30. The summed E-state index contributed by atoms with van der Waals surface area (Å²) in [5.74, 6) is -0.311. The summed E-state index contributed by atoms with van der Waals surface area (Å²) in [6, 6.07) is 6.45. The van der Waals surface area contributed by atoms with Crippen molar-refractivity contribution in [2.45, 2.75) is 75.3 Å². The van der Waals surface area contributed by atoms with Crippen LogP contribution < -0.4 is 11.1 Å². The van der Waals surface area contributed by atoms with Crippen LogP contribution in [0.15, 0.2) is 29.2 Å². The number of amides is 1. The summed E-state index contributed by atoms with van der Waals surface area (Å²) in [6.45, 7) is 3.65. The van der Waals surface area contributed by atoms with Crippen LogP contribution in [-0.4, -0.2) is 37.3 Å². The SMILES string of the molecule is CCCC(C)(N)C(=O)Nc1cccc(S(=O)(=O)N(C)C2CCCCC2)c1. The molecule has 1 aliphatic carbocycles. The summed E-state index contributed by atoms with van der Waals surface area (Å²) < 4.78 is 27.4. The molecule has 6 nitrogen and oxygen atoms in total. The van der Waals surface area contributed by atoms with Crippen molar-refractivity contribution in [3.8, 4) is 0 Å². The predicted molar refractivity (Wildman–Crippen MR) is 104 cm³/mol. The molecule has 0 saturated heterocycles. The molecule has 2 rings (SSSR count). The van der Waals surface area contributed by atoms with Crippen molar-refractivity contribution >= 4 is 21.6 Å². The van der Waals surface area contributed by atoms with E-state index in [0.717, 1.165) is 32.1 Å². The van der Waals surface area contributed by atoms with Crippen LogP contribution in [0.5, 0.6) is 0 Å². The van der Waals surface area contributed by atoms with Crippen molar-refractivity contribution in [2.24, 2.45) is 5.73 Å². The number of anilines is 1. The van der Waals surface area contributed by atoms with Gasteiger partial charge in [0.25, 0.3) is 0 Å². The van der Waals surface area contributed by atoms with Gasteiger partial charge in [0, 0.05) is 18.8 Å². The van der Waals surface area contributed by atoms with E-state index in [-0.39, 0.29) is 16.8 Å². The molecule has 0 heterocycles. The maximum atomic E-state index is 13.0. The fourth-order valence-corrected chi connectivity index (χ4v) is 4.91. The lowest BCUT2D eigenvalue weighted by Crippen LogP contribution is -2.48. The molecule has 1 unspecified atom stereocenters. The number of hydrogen-bond acceptors (Lipinski definition) is 4. The standard InChI is InChI=1S/C19H31N3O3S/c1-4-13-19(2,20)18(23)21-15-9-8-12-17(14-15)26(24,25)22(3)16-10-6-5-7-11-16/h8-9,12,14,16H,4-7,10-11,13,20H2,1-3H3,(H,21,23). The van der Waals surface area contributed by atoms with E-state index in [0.29, 0.717) is 12.1 Å². The van der Waals surface area contributed by atoms with E-state index in [4.69, 9.17) is 5.73 Å². The monoisotopic (exact) mass is 381 g/mol. The zero-order chi connectivity index (χ0) is 19.4. The fraction of sp³-hybridized carbons (Fsp3) is 0.632. The molecule has 1 aliphatic rings. The summed E-state index contributed by atoms with van der Waals surface area (Å²) in [5, 5.41) is 2.75. The highest BCUT2D eigenvalue weighted by Crippen LogP contribution is 2.27. The summed E-state index contributed by atoms with van der Waals surface area (Å²) in [5.41, 5.74) is 5.51. The molecule has 1 amide bonds. The Balaban J connectivity index is 2.18. The van der Waals surface area contributed by atoms with Crippen molar-refractivity contribution < 1.29 is 13.2 Å². The molecule has 26 heavy (non-hydrogen) atoms. The van der Waals surface area contributed by atoms with Crippen LogP contribution >= 0.6 is 0 Å². The average Bonchev–Trinajstić information content (AvgIpc) is 2.62. The normalized spacial score (nSPS) is 18.5. The number of carbonyl (C=O) groups excluding carboxylic acids is 1. The van der Waals surface area contributed by atoms with Crippen molar-refractivity contribution in [2.75, 3.05) is 12.4 Å². The minimum absolute atomic E-state index is 0.0453. The zero-order valence-electron chi connectivity index (χ0n) is 16.0. The maximum absolute atomic E-state index is 13.0. The van der Waals surface area contributed by atoms with Crippen molar-refractivity contribution in [1.29, 1.82) is 0 Å². The van der Waals surface area contributed by atoms with Gasteiger partial charge in [-0.2, -0.15) is 4.31 Å². The maximum Gasteiger partial charge on any atom is 0.244 e. The molecule has 1 atom stereocenters. The third-order valence-electron chi connectivity index (χ3n) is 5.15. The predicted octanol–water partition coefficient (Wildman–Crippen LogP) is 3.10. The average molecular weight is 382 g/mol. The molecule has 0 bridgehead atoms. The highest BCUT2D eigenvalue weighted by Gasteiger charge is 2.30. The molecular formula is C19H31N3O3S. The van der Waals surface area contributed by atoms with Crippen LogP contribution in [0.2, 0.25) is 0 Å². The molecule has 0 radical (unpaired) electrons. The molecular weight excluding hydrogens is 350 g/mol. The number of hydrogen-bond donors (Lipinski definition) is 2. The largest absolute Gasteiger partial charge is 0.324 e. The highest BCUT2D eigenvalue weighted by molar-refractivity contribution is 7.89. The van der Waals surface area contributed by atoms with Crippen LogP contribution in [0.4, 0.5) is 5.69 Å². The molecule has 1 saturated carbocycles. The fourth-order valence-electron chi connectivity index (χ4n) is 3.45. The molecule has 0 aliphatic heterocycles. The van der Waals surface area contributed by atoms with E-state index < -0.39 is 15.6 Å². The first-order valence-electron chi connectivity index (χ1n) is 9.37. The van der Waals surface area contributed by atoms with Crippen LogP contribution in [0.1, 0.15) is 58.8 Å². The molecule has 1 aromatic rings. The van der Waals surface area contributed by atoms with E-state index in [1.165, 1.54) is 16.8 Å². The van der Waals surface area contributed by atoms with Gasteiger partial charge in [0.1, 0.15) is 0 Å². The highest BCUT2D eigenvalue weighted by atomic mass is 32.2. The number of sulfonamides is 1. The first-order valence-corrected chi connectivity index (χ1v) is 10.8. The van der Waals surface area contributed by atoms with Gasteiger partial charge < -0.3 is 11.1 Å².